The third-order valence-electron chi connectivity index (χ3n) is 4.95. The van der Waals surface area contributed by atoms with Crippen molar-refractivity contribution >= 4 is 34.0 Å². The molecule has 0 fully saturated rings. The second kappa shape index (κ2) is 7.91. The van der Waals surface area contributed by atoms with Crippen LogP contribution in [-0.4, -0.2) is 27.8 Å². The SMILES string of the molecule is COc1cccc(NC(=O)c2cc(-c3cc(C)sc3C)nc3c2cnn3C(C)C)c1. The van der Waals surface area contributed by atoms with Crippen molar-refractivity contribution in [3.63, 3.8) is 0 Å². The maximum absolute atomic E-state index is 13.3. The average Bonchev–Trinajstić information content (AvgIpc) is 3.29. The summed E-state index contributed by atoms with van der Waals surface area (Å²) in [5.74, 6) is 0.482. The number of carbonyl (C=O) groups excluding carboxylic acids is 1. The minimum atomic E-state index is -0.204. The van der Waals surface area contributed by atoms with Gasteiger partial charge in [-0.05, 0) is 52.0 Å². The molecule has 7 heteroatoms. The van der Waals surface area contributed by atoms with E-state index >= 15 is 0 Å². The number of fused-ring (bicyclic) bond motifs is 1. The molecule has 0 aliphatic heterocycles. The van der Waals surface area contributed by atoms with Crippen LogP contribution in [0.4, 0.5) is 5.69 Å². The number of rotatable bonds is 5. The minimum absolute atomic E-state index is 0.129. The van der Waals surface area contributed by atoms with Gasteiger partial charge in [0.25, 0.3) is 5.91 Å². The van der Waals surface area contributed by atoms with E-state index in [0.717, 1.165) is 16.6 Å². The molecule has 0 aliphatic rings. The second-order valence-corrected chi connectivity index (χ2v) is 8.95. The van der Waals surface area contributed by atoms with Crippen LogP contribution >= 0.6 is 11.3 Å². The van der Waals surface area contributed by atoms with Gasteiger partial charge >= 0.3 is 0 Å². The summed E-state index contributed by atoms with van der Waals surface area (Å²) in [6.07, 6.45) is 1.72. The van der Waals surface area contributed by atoms with Gasteiger partial charge in [0, 0.05) is 33.1 Å². The molecule has 0 unspecified atom stereocenters. The Labute approximate surface area is 179 Å². The molecular weight excluding hydrogens is 396 g/mol. The van der Waals surface area contributed by atoms with Crippen molar-refractivity contribution in [3.8, 4) is 17.0 Å². The summed E-state index contributed by atoms with van der Waals surface area (Å²) >= 11 is 1.73. The van der Waals surface area contributed by atoms with Crippen molar-refractivity contribution in [3.05, 3.63) is 57.9 Å². The highest BCUT2D eigenvalue weighted by Gasteiger charge is 2.20. The molecule has 154 valence electrons. The largest absolute Gasteiger partial charge is 0.497 e. The van der Waals surface area contributed by atoms with Gasteiger partial charge in [0.15, 0.2) is 5.65 Å². The summed E-state index contributed by atoms with van der Waals surface area (Å²) in [5.41, 5.74) is 3.76. The smallest absolute Gasteiger partial charge is 0.256 e. The molecule has 1 N–H and O–H groups in total. The first kappa shape index (κ1) is 20.1. The van der Waals surface area contributed by atoms with Crippen LogP contribution in [0.25, 0.3) is 22.3 Å². The number of carbonyl (C=O) groups is 1. The molecule has 6 nitrogen and oxygen atoms in total. The van der Waals surface area contributed by atoms with E-state index in [9.17, 15) is 4.79 Å². The molecule has 0 aliphatic carbocycles. The van der Waals surface area contributed by atoms with E-state index in [1.54, 1.807) is 30.7 Å². The number of aryl methyl sites for hydroxylation is 2. The first-order valence-corrected chi connectivity index (χ1v) is 10.6. The quantitative estimate of drug-likeness (QED) is 0.455. The van der Waals surface area contributed by atoms with Crippen LogP contribution < -0.4 is 10.1 Å². The zero-order chi connectivity index (χ0) is 21.4. The molecule has 30 heavy (non-hydrogen) atoms. The fourth-order valence-electron chi connectivity index (χ4n) is 3.51. The normalized spacial score (nSPS) is 11.3. The Morgan fingerprint density at radius 1 is 1.20 bits per heavy atom. The number of anilines is 1. The van der Waals surface area contributed by atoms with Gasteiger partial charge in [0.1, 0.15) is 5.75 Å². The lowest BCUT2D eigenvalue weighted by Crippen LogP contribution is -2.13. The summed E-state index contributed by atoms with van der Waals surface area (Å²) in [7, 11) is 1.60. The van der Waals surface area contributed by atoms with Gasteiger partial charge < -0.3 is 10.1 Å². The molecular formula is C23H24N4O2S. The number of amides is 1. The van der Waals surface area contributed by atoms with E-state index in [4.69, 9.17) is 9.72 Å². The van der Waals surface area contributed by atoms with E-state index in [1.807, 2.05) is 28.9 Å². The molecule has 0 saturated carbocycles. The molecule has 4 rings (SSSR count). The molecule has 0 saturated heterocycles. The number of hydrogen-bond donors (Lipinski definition) is 1. The zero-order valence-corrected chi connectivity index (χ0v) is 18.5. The summed E-state index contributed by atoms with van der Waals surface area (Å²) in [6.45, 7) is 8.26. The van der Waals surface area contributed by atoms with E-state index in [-0.39, 0.29) is 11.9 Å². The van der Waals surface area contributed by atoms with Crippen LogP contribution in [0.15, 0.2) is 42.6 Å². The first-order chi connectivity index (χ1) is 14.4. The van der Waals surface area contributed by atoms with Crippen LogP contribution in [0.3, 0.4) is 0 Å². The molecule has 0 spiro atoms. The number of aromatic nitrogens is 3. The molecule has 0 atom stereocenters. The molecule has 3 aromatic heterocycles. The summed E-state index contributed by atoms with van der Waals surface area (Å²) in [4.78, 5) is 20.5. The van der Waals surface area contributed by atoms with Gasteiger partial charge in [-0.1, -0.05) is 6.07 Å². The lowest BCUT2D eigenvalue weighted by molar-refractivity contribution is 0.102. The summed E-state index contributed by atoms with van der Waals surface area (Å²) in [5, 5.41) is 8.21. The highest BCUT2D eigenvalue weighted by molar-refractivity contribution is 7.12. The Kier molecular flexibility index (Phi) is 5.30. The fourth-order valence-corrected chi connectivity index (χ4v) is 4.44. The van der Waals surface area contributed by atoms with Gasteiger partial charge in [0.2, 0.25) is 0 Å². The molecule has 1 amide bonds. The second-order valence-electron chi connectivity index (χ2n) is 7.49. The lowest BCUT2D eigenvalue weighted by Gasteiger charge is -2.11. The van der Waals surface area contributed by atoms with Gasteiger partial charge in [-0.15, -0.1) is 11.3 Å². The van der Waals surface area contributed by atoms with Gasteiger partial charge in [-0.2, -0.15) is 5.10 Å². The van der Waals surface area contributed by atoms with E-state index in [1.165, 1.54) is 9.75 Å². The average molecular weight is 421 g/mol. The lowest BCUT2D eigenvalue weighted by atomic mass is 10.1. The van der Waals surface area contributed by atoms with Crippen molar-refractivity contribution in [1.29, 1.82) is 0 Å². The molecule has 0 radical (unpaired) electrons. The van der Waals surface area contributed by atoms with Crippen molar-refractivity contribution in [1.82, 2.24) is 14.8 Å². The predicted molar refractivity (Wildman–Crippen MR) is 122 cm³/mol. The third-order valence-corrected chi connectivity index (χ3v) is 5.91. The van der Waals surface area contributed by atoms with E-state index in [2.05, 4.69) is 44.2 Å². The van der Waals surface area contributed by atoms with Crippen molar-refractivity contribution in [2.75, 3.05) is 12.4 Å². The van der Waals surface area contributed by atoms with Gasteiger partial charge in [-0.3, -0.25) is 4.79 Å². The molecule has 4 aromatic rings. The molecule has 3 heterocycles. The number of ether oxygens (including phenoxy) is 1. The number of methoxy groups -OCH3 is 1. The monoisotopic (exact) mass is 420 g/mol. The zero-order valence-electron chi connectivity index (χ0n) is 17.7. The number of pyridine rings is 1. The predicted octanol–water partition coefficient (Wildman–Crippen LogP) is 5.62. The highest BCUT2D eigenvalue weighted by atomic mass is 32.1. The minimum Gasteiger partial charge on any atom is -0.497 e. The van der Waals surface area contributed by atoms with E-state index in [0.29, 0.717) is 22.6 Å². The number of nitrogens with zero attached hydrogens (tertiary/aromatic N) is 3. The molecule has 1 aromatic carbocycles. The van der Waals surface area contributed by atoms with Crippen LogP contribution in [0.1, 0.15) is 40.0 Å². The number of thiophene rings is 1. The maximum atomic E-state index is 13.3. The van der Waals surface area contributed by atoms with E-state index < -0.39 is 0 Å². The van der Waals surface area contributed by atoms with Crippen LogP contribution in [0, 0.1) is 13.8 Å². The van der Waals surface area contributed by atoms with Crippen LogP contribution in [0.5, 0.6) is 5.75 Å². The molecule has 0 bridgehead atoms. The van der Waals surface area contributed by atoms with Crippen LogP contribution in [0.2, 0.25) is 0 Å². The Bertz CT molecular complexity index is 1240. The van der Waals surface area contributed by atoms with Gasteiger partial charge in [-0.25, -0.2) is 9.67 Å². The summed E-state index contributed by atoms with van der Waals surface area (Å²) in [6, 6.07) is 11.4. The van der Waals surface area contributed by atoms with Crippen molar-refractivity contribution in [2.24, 2.45) is 0 Å². The Morgan fingerprint density at radius 3 is 2.67 bits per heavy atom. The third kappa shape index (κ3) is 3.68. The number of hydrogen-bond acceptors (Lipinski definition) is 5. The first-order valence-electron chi connectivity index (χ1n) is 9.78. The topological polar surface area (TPSA) is 69.0 Å². The Balaban J connectivity index is 1.85. The standard InChI is InChI=1S/C23H24N4O2S/c1-13(2)27-22-20(12-24-27)19(11-21(26-22)18-9-14(3)30-15(18)4)23(28)25-16-7-6-8-17(10-16)29-5/h6-13H,1-5H3,(H,25,28). The van der Waals surface area contributed by atoms with Crippen LogP contribution in [-0.2, 0) is 0 Å². The van der Waals surface area contributed by atoms with Crippen molar-refractivity contribution < 1.29 is 9.53 Å². The summed E-state index contributed by atoms with van der Waals surface area (Å²) < 4.78 is 7.12. The maximum Gasteiger partial charge on any atom is 0.256 e. The van der Waals surface area contributed by atoms with Gasteiger partial charge in [0.05, 0.1) is 30.0 Å². The number of benzene rings is 1. The van der Waals surface area contributed by atoms with Crippen molar-refractivity contribution in [2.45, 2.75) is 33.7 Å². The Hall–Kier alpha value is -3.19. The fraction of sp³-hybridized carbons (Fsp3) is 0.261. The number of nitrogens with one attached hydrogen (secondary N) is 1. The highest BCUT2D eigenvalue weighted by Crippen LogP contribution is 2.33. The Morgan fingerprint density at radius 2 is 2.00 bits per heavy atom.